The van der Waals surface area contributed by atoms with Gasteiger partial charge in [0.1, 0.15) is 5.75 Å². The maximum absolute atomic E-state index is 13.5. The van der Waals surface area contributed by atoms with Crippen molar-refractivity contribution < 1.29 is 22.5 Å². The molecule has 0 saturated carbocycles. The third-order valence-corrected chi connectivity index (χ3v) is 8.64. The molecule has 4 rings (SSSR count). The molecule has 9 nitrogen and oxygen atoms in total. The Morgan fingerprint density at radius 2 is 1.63 bits per heavy atom. The Labute approximate surface area is 205 Å². The maximum Gasteiger partial charge on any atom is 0.257 e. The number of carbonyl (C=O) groups is 1. The van der Waals surface area contributed by atoms with E-state index in [1.165, 1.54) is 4.31 Å². The molecular weight excluding hydrogens is 468 g/mol. The zero-order valence-corrected chi connectivity index (χ0v) is 21.5. The number of piperazine rings is 1. The van der Waals surface area contributed by atoms with Crippen molar-refractivity contribution in [2.45, 2.75) is 46.1 Å². The van der Waals surface area contributed by atoms with Crippen LogP contribution in [0.15, 0.2) is 39.8 Å². The highest BCUT2D eigenvalue weighted by Crippen LogP contribution is 2.30. The van der Waals surface area contributed by atoms with E-state index in [1.54, 1.807) is 36.1 Å². The van der Waals surface area contributed by atoms with Crippen LogP contribution in [0, 0.1) is 34.6 Å². The van der Waals surface area contributed by atoms with Gasteiger partial charge in [0.05, 0.1) is 10.5 Å². The van der Waals surface area contributed by atoms with Gasteiger partial charge in [-0.2, -0.15) is 9.29 Å². The minimum absolute atomic E-state index is 0.0717. The van der Waals surface area contributed by atoms with E-state index in [0.717, 1.165) is 22.3 Å². The van der Waals surface area contributed by atoms with Crippen LogP contribution in [0.5, 0.6) is 5.75 Å². The van der Waals surface area contributed by atoms with Crippen molar-refractivity contribution in [3.63, 3.8) is 0 Å². The molecule has 2 heterocycles. The first-order chi connectivity index (χ1) is 16.6. The van der Waals surface area contributed by atoms with E-state index in [4.69, 9.17) is 9.26 Å². The molecule has 1 saturated heterocycles. The number of ether oxygens (including phenoxy) is 1. The van der Waals surface area contributed by atoms with Crippen molar-refractivity contribution in [1.82, 2.24) is 19.3 Å². The fourth-order valence-electron chi connectivity index (χ4n) is 4.31. The van der Waals surface area contributed by atoms with Gasteiger partial charge in [-0.05, 0) is 62.1 Å². The molecule has 0 bridgehead atoms. The summed E-state index contributed by atoms with van der Waals surface area (Å²) in [7, 11) is -3.68. The summed E-state index contributed by atoms with van der Waals surface area (Å²) in [5.41, 5.74) is 3.86. The van der Waals surface area contributed by atoms with Gasteiger partial charge in [0.2, 0.25) is 21.7 Å². The van der Waals surface area contributed by atoms with E-state index in [-0.39, 0.29) is 25.6 Å². The van der Waals surface area contributed by atoms with Gasteiger partial charge in [0.15, 0.2) is 6.61 Å². The van der Waals surface area contributed by atoms with Crippen LogP contribution in [0.2, 0.25) is 0 Å². The molecule has 0 radical (unpaired) electrons. The maximum atomic E-state index is 13.5. The molecule has 1 aromatic heterocycles. The fraction of sp³-hybridized carbons (Fsp3) is 0.400. The number of amides is 1. The quantitative estimate of drug-likeness (QED) is 0.513. The van der Waals surface area contributed by atoms with Crippen LogP contribution >= 0.6 is 0 Å². The second-order valence-electron chi connectivity index (χ2n) is 8.80. The summed E-state index contributed by atoms with van der Waals surface area (Å²) < 4.78 is 39.3. The second kappa shape index (κ2) is 9.79. The molecule has 35 heavy (non-hydrogen) atoms. The number of hydrogen-bond donors (Lipinski definition) is 0. The molecule has 1 amide bonds. The molecule has 186 valence electrons. The van der Waals surface area contributed by atoms with Gasteiger partial charge in [-0.1, -0.05) is 23.4 Å². The van der Waals surface area contributed by atoms with E-state index in [1.807, 2.05) is 33.8 Å². The topological polar surface area (TPSA) is 106 Å². The first kappa shape index (κ1) is 24.9. The first-order valence-electron chi connectivity index (χ1n) is 11.5. The van der Waals surface area contributed by atoms with Crippen LogP contribution in [-0.2, 0) is 16.6 Å². The average molecular weight is 499 g/mol. The minimum atomic E-state index is -3.68. The molecule has 0 N–H and O–H groups in total. The van der Waals surface area contributed by atoms with Crippen molar-refractivity contribution in [3.05, 3.63) is 69.9 Å². The minimum Gasteiger partial charge on any atom is -0.485 e. The molecule has 3 aromatic rings. The van der Waals surface area contributed by atoms with Crippen LogP contribution in [0.4, 0.5) is 0 Å². The highest BCUT2D eigenvalue weighted by atomic mass is 32.2. The predicted octanol–water partition coefficient (Wildman–Crippen LogP) is 3.34. The van der Waals surface area contributed by atoms with Crippen LogP contribution in [0.1, 0.15) is 44.3 Å². The zero-order valence-electron chi connectivity index (χ0n) is 20.7. The number of carbonyl (C=O) groups excluding carboxylic acids is 1. The fourth-order valence-corrected chi connectivity index (χ4v) is 6.31. The summed E-state index contributed by atoms with van der Waals surface area (Å²) in [5, 5.41) is 3.81. The monoisotopic (exact) mass is 498 g/mol. The van der Waals surface area contributed by atoms with Gasteiger partial charge in [-0.25, -0.2) is 8.42 Å². The van der Waals surface area contributed by atoms with Gasteiger partial charge >= 0.3 is 0 Å². The molecule has 1 fully saturated rings. The normalized spacial score (nSPS) is 14.8. The highest BCUT2D eigenvalue weighted by molar-refractivity contribution is 7.89. The molecule has 10 heteroatoms. The summed E-state index contributed by atoms with van der Waals surface area (Å²) in [6.45, 7) is 10.4. The van der Waals surface area contributed by atoms with Gasteiger partial charge in [-0.15, -0.1) is 0 Å². The van der Waals surface area contributed by atoms with Crippen LogP contribution in [-0.4, -0.2) is 59.8 Å². The molecule has 0 aliphatic carbocycles. The van der Waals surface area contributed by atoms with E-state index in [0.29, 0.717) is 41.0 Å². The Bertz CT molecular complexity index is 1330. The summed E-state index contributed by atoms with van der Waals surface area (Å²) in [5.74, 6) is 1.03. The number of hydrogen-bond acceptors (Lipinski definition) is 7. The number of aromatic nitrogens is 2. The molecular formula is C25H30N4O5S. The van der Waals surface area contributed by atoms with Crippen molar-refractivity contribution >= 4 is 15.9 Å². The number of para-hydroxylation sites is 1. The Kier molecular flexibility index (Phi) is 6.95. The summed E-state index contributed by atoms with van der Waals surface area (Å²) in [4.78, 5) is 19.4. The number of aryl methyl sites for hydroxylation is 3. The molecule has 1 aliphatic rings. The van der Waals surface area contributed by atoms with Crippen molar-refractivity contribution in [2.24, 2.45) is 0 Å². The van der Waals surface area contributed by atoms with Crippen LogP contribution in [0.25, 0.3) is 0 Å². The lowest BCUT2D eigenvalue weighted by Gasteiger charge is -2.35. The van der Waals surface area contributed by atoms with Gasteiger partial charge < -0.3 is 14.2 Å². The van der Waals surface area contributed by atoms with Gasteiger partial charge in [0, 0.05) is 33.1 Å². The van der Waals surface area contributed by atoms with Gasteiger partial charge in [-0.3, -0.25) is 4.79 Å². The lowest BCUT2D eigenvalue weighted by atomic mass is 10.0. The summed E-state index contributed by atoms with van der Waals surface area (Å²) in [6.07, 6.45) is 0. The van der Waals surface area contributed by atoms with Crippen LogP contribution < -0.4 is 4.74 Å². The summed E-state index contributed by atoms with van der Waals surface area (Å²) in [6, 6.07) is 8.98. The van der Waals surface area contributed by atoms with E-state index >= 15 is 0 Å². The van der Waals surface area contributed by atoms with Crippen molar-refractivity contribution in [2.75, 3.05) is 26.2 Å². The Hall–Kier alpha value is -3.24. The molecule has 1 aliphatic heterocycles. The van der Waals surface area contributed by atoms with Crippen molar-refractivity contribution in [3.8, 4) is 5.75 Å². The Balaban J connectivity index is 1.47. The predicted molar refractivity (Wildman–Crippen MR) is 130 cm³/mol. The lowest BCUT2D eigenvalue weighted by Crippen LogP contribution is -2.50. The molecule has 0 atom stereocenters. The number of sulfonamides is 1. The SMILES string of the molecule is Cc1nc(COc2ccccc2C(=O)N2CCN(S(=O)(=O)c3c(C)c(C)cc(C)c3C)CC2)no1. The molecule has 0 unspecified atom stereocenters. The molecule has 0 spiro atoms. The highest BCUT2D eigenvalue weighted by Gasteiger charge is 2.33. The van der Waals surface area contributed by atoms with E-state index in [2.05, 4.69) is 10.1 Å². The first-order valence-corrected chi connectivity index (χ1v) is 12.9. The Morgan fingerprint density at radius 3 is 2.23 bits per heavy atom. The largest absolute Gasteiger partial charge is 0.485 e. The third kappa shape index (κ3) is 4.94. The number of benzene rings is 2. The zero-order chi connectivity index (χ0) is 25.3. The van der Waals surface area contributed by atoms with E-state index < -0.39 is 10.0 Å². The number of rotatable bonds is 6. The van der Waals surface area contributed by atoms with Crippen molar-refractivity contribution in [1.29, 1.82) is 0 Å². The van der Waals surface area contributed by atoms with Gasteiger partial charge in [0.25, 0.3) is 5.91 Å². The van der Waals surface area contributed by atoms with Crippen LogP contribution in [0.3, 0.4) is 0 Å². The summed E-state index contributed by atoms with van der Waals surface area (Å²) >= 11 is 0. The van der Waals surface area contributed by atoms with E-state index in [9.17, 15) is 13.2 Å². The lowest BCUT2D eigenvalue weighted by molar-refractivity contribution is 0.0692. The average Bonchev–Trinajstić information content (AvgIpc) is 3.26. The smallest absolute Gasteiger partial charge is 0.257 e. The molecule has 2 aromatic carbocycles. The second-order valence-corrected chi connectivity index (χ2v) is 10.7. The third-order valence-electron chi connectivity index (χ3n) is 6.46. The Morgan fingerprint density at radius 1 is 1.00 bits per heavy atom. The number of nitrogens with zero attached hydrogens (tertiary/aromatic N) is 4. The standard InChI is InChI=1S/C25H30N4O5S/c1-16-14-17(2)19(4)24(18(16)3)35(31,32)29-12-10-28(11-13-29)25(30)21-8-6-7-9-22(21)33-15-23-26-20(5)34-27-23/h6-9,14H,10-13,15H2,1-5H3.